The molecule has 2 fully saturated rings. The molecule has 0 bridgehead atoms. The monoisotopic (exact) mass is 551 g/mol. The van der Waals surface area contributed by atoms with Gasteiger partial charge in [-0.05, 0) is 122 Å². The van der Waals surface area contributed by atoms with E-state index < -0.39 is 0 Å². The van der Waals surface area contributed by atoms with Crippen LogP contribution in [0.4, 0.5) is 0 Å². The SMILES string of the molecule is CCCCCCCCCCCC1=CC2=CC[C@H]3[C@@H]4CC[C@H]([C@H](C)CC[C@@H](CC)C(C)C)[C@@]4(C)CC[C@@H]3[C@@]2(C)CC1. The number of fused-ring (bicyclic) bond motifs is 5. The number of unbranched alkanes of at least 4 members (excludes halogenated alkanes) is 8. The van der Waals surface area contributed by atoms with Gasteiger partial charge in [0.1, 0.15) is 0 Å². The summed E-state index contributed by atoms with van der Waals surface area (Å²) in [5.41, 5.74) is 4.61. The van der Waals surface area contributed by atoms with E-state index in [4.69, 9.17) is 0 Å². The van der Waals surface area contributed by atoms with E-state index in [1.165, 1.54) is 128 Å². The molecule has 0 radical (unpaired) electrons. The minimum absolute atomic E-state index is 0.460. The molecule has 4 rings (SSSR count). The van der Waals surface area contributed by atoms with E-state index in [0.717, 1.165) is 41.4 Å². The van der Waals surface area contributed by atoms with Crippen LogP contribution in [-0.2, 0) is 0 Å². The molecule has 0 N–H and O–H groups in total. The van der Waals surface area contributed by atoms with E-state index in [9.17, 15) is 0 Å². The topological polar surface area (TPSA) is 0 Å². The molecule has 8 atom stereocenters. The molecule has 230 valence electrons. The van der Waals surface area contributed by atoms with Crippen LogP contribution in [-0.4, -0.2) is 0 Å². The van der Waals surface area contributed by atoms with E-state index in [1.807, 2.05) is 0 Å². The van der Waals surface area contributed by atoms with Gasteiger partial charge in [-0.1, -0.05) is 130 Å². The van der Waals surface area contributed by atoms with Gasteiger partial charge in [0.25, 0.3) is 0 Å². The van der Waals surface area contributed by atoms with Gasteiger partial charge in [0.05, 0.1) is 0 Å². The highest BCUT2D eigenvalue weighted by molar-refractivity contribution is 5.37. The van der Waals surface area contributed by atoms with Crippen molar-refractivity contribution < 1.29 is 0 Å². The summed E-state index contributed by atoms with van der Waals surface area (Å²) in [6.07, 6.45) is 34.3. The zero-order chi connectivity index (χ0) is 28.8. The Labute approximate surface area is 252 Å². The van der Waals surface area contributed by atoms with Crippen molar-refractivity contribution in [2.24, 2.45) is 52.3 Å². The van der Waals surface area contributed by atoms with Gasteiger partial charge in [-0.2, -0.15) is 0 Å². The number of rotatable bonds is 16. The standard InChI is InChI=1S/C40H70/c1-8-10-11-12-13-14-15-16-17-18-32-25-27-39(6)34(29-32)21-22-35-37-24-23-36(40(37,7)28-26-38(35)39)31(5)19-20-33(9-2)30(3)4/h21,29-31,33,35-38H,8-20,22-28H2,1-7H3/t31-,33-,35+,36-,37+,38+,39+,40-/m1/s1. The molecule has 0 spiro atoms. The highest BCUT2D eigenvalue weighted by atomic mass is 14.6. The number of allylic oxidation sites excluding steroid dienone is 4. The summed E-state index contributed by atoms with van der Waals surface area (Å²) in [4.78, 5) is 0. The van der Waals surface area contributed by atoms with Gasteiger partial charge in [0, 0.05) is 0 Å². The van der Waals surface area contributed by atoms with Crippen LogP contribution in [0.25, 0.3) is 0 Å². The Morgan fingerprint density at radius 2 is 1.50 bits per heavy atom. The molecule has 0 nitrogen and oxygen atoms in total. The second kappa shape index (κ2) is 14.8. The van der Waals surface area contributed by atoms with Crippen LogP contribution < -0.4 is 0 Å². The van der Waals surface area contributed by atoms with Crippen molar-refractivity contribution in [1.29, 1.82) is 0 Å². The summed E-state index contributed by atoms with van der Waals surface area (Å²) in [6.45, 7) is 17.7. The summed E-state index contributed by atoms with van der Waals surface area (Å²) >= 11 is 0. The fraction of sp³-hybridized carbons (Fsp3) is 0.900. The third kappa shape index (κ3) is 7.16. The van der Waals surface area contributed by atoms with Crippen LogP contribution >= 0.6 is 0 Å². The predicted molar refractivity (Wildman–Crippen MR) is 178 cm³/mol. The molecule has 40 heavy (non-hydrogen) atoms. The number of hydrogen-bond acceptors (Lipinski definition) is 0. The predicted octanol–water partition coefficient (Wildman–Crippen LogP) is 13.1. The van der Waals surface area contributed by atoms with E-state index in [0.29, 0.717) is 10.8 Å². The molecule has 0 aromatic carbocycles. The van der Waals surface area contributed by atoms with Gasteiger partial charge in [-0.3, -0.25) is 0 Å². The molecule has 0 heteroatoms. The smallest absolute Gasteiger partial charge is 0.00443 e. The summed E-state index contributed by atoms with van der Waals surface area (Å²) in [6, 6.07) is 0. The lowest BCUT2D eigenvalue weighted by atomic mass is 9.47. The Hall–Kier alpha value is -0.520. The van der Waals surface area contributed by atoms with Crippen molar-refractivity contribution >= 4 is 0 Å². The van der Waals surface area contributed by atoms with Gasteiger partial charge in [-0.15, -0.1) is 0 Å². The Kier molecular flexibility index (Phi) is 12.0. The average molecular weight is 551 g/mol. The van der Waals surface area contributed by atoms with Crippen molar-refractivity contribution in [2.75, 3.05) is 0 Å². The first-order valence-electron chi connectivity index (χ1n) is 18.6. The summed E-state index contributed by atoms with van der Waals surface area (Å²) in [5.74, 6) is 6.52. The van der Waals surface area contributed by atoms with Crippen molar-refractivity contribution in [3.63, 3.8) is 0 Å². The summed E-state index contributed by atoms with van der Waals surface area (Å²) in [7, 11) is 0. The van der Waals surface area contributed by atoms with Gasteiger partial charge in [0.2, 0.25) is 0 Å². The second-order valence-electron chi connectivity index (χ2n) is 16.3. The molecular formula is C40H70. The van der Waals surface area contributed by atoms with Crippen LogP contribution in [0.5, 0.6) is 0 Å². The van der Waals surface area contributed by atoms with E-state index >= 15 is 0 Å². The first kappa shape index (κ1) is 32.4. The normalized spacial score (nSPS) is 35.0. The van der Waals surface area contributed by atoms with E-state index in [1.54, 1.807) is 11.1 Å². The molecule has 0 aromatic rings. The Bertz CT molecular complexity index is 829. The van der Waals surface area contributed by atoms with Crippen molar-refractivity contribution in [1.82, 2.24) is 0 Å². The fourth-order valence-electron chi connectivity index (χ4n) is 10.9. The maximum atomic E-state index is 2.76. The third-order valence-electron chi connectivity index (χ3n) is 13.7. The Morgan fingerprint density at radius 1 is 0.800 bits per heavy atom. The van der Waals surface area contributed by atoms with Crippen LogP contribution in [0, 0.1) is 52.3 Å². The van der Waals surface area contributed by atoms with Gasteiger partial charge in [-0.25, -0.2) is 0 Å². The van der Waals surface area contributed by atoms with Crippen LogP contribution in [0.1, 0.15) is 177 Å². The molecule has 2 saturated carbocycles. The van der Waals surface area contributed by atoms with Gasteiger partial charge >= 0.3 is 0 Å². The zero-order valence-corrected chi connectivity index (χ0v) is 28.3. The van der Waals surface area contributed by atoms with Crippen LogP contribution in [0.3, 0.4) is 0 Å². The second-order valence-corrected chi connectivity index (χ2v) is 16.3. The van der Waals surface area contributed by atoms with Crippen LogP contribution in [0.15, 0.2) is 23.3 Å². The van der Waals surface area contributed by atoms with Crippen LogP contribution in [0.2, 0.25) is 0 Å². The first-order valence-corrected chi connectivity index (χ1v) is 18.6. The molecule has 0 unspecified atom stereocenters. The molecule has 0 amide bonds. The lowest BCUT2D eigenvalue weighted by Gasteiger charge is -2.57. The summed E-state index contributed by atoms with van der Waals surface area (Å²) < 4.78 is 0. The van der Waals surface area contributed by atoms with E-state index in [2.05, 4.69) is 60.6 Å². The molecule has 4 aliphatic rings. The highest BCUT2D eigenvalue weighted by Crippen LogP contribution is 2.67. The Morgan fingerprint density at radius 3 is 2.17 bits per heavy atom. The lowest BCUT2D eigenvalue weighted by molar-refractivity contribution is -0.0457. The van der Waals surface area contributed by atoms with E-state index in [-0.39, 0.29) is 0 Å². The fourth-order valence-corrected chi connectivity index (χ4v) is 10.9. The van der Waals surface area contributed by atoms with Crippen molar-refractivity contribution in [2.45, 2.75) is 177 Å². The maximum absolute atomic E-state index is 2.76. The molecule has 0 heterocycles. The lowest BCUT2D eigenvalue weighted by Crippen LogP contribution is -2.49. The van der Waals surface area contributed by atoms with Gasteiger partial charge < -0.3 is 0 Å². The van der Waals surface area contributed by atoms with Crippen molar-refractivity contribution in [3.05, 3.63) is 23.3 Å². The molecule has 4 aliphatic carbocycles. The maximum Gasteiger partial charge on any atom is -0.00443 e. The quantitative estimate of drug-likeness (QED) is 0.168. The molecule has 0 aromatic heterocycles. The summed E-state index contributed by atoms with van der Waals surface area (Å²) in [5, 5.41) is 0. The molecule has 0 saturated heterocycles. The van der Waals surface area contributed by atoms with Crippen molar-refractivity contribution in [3.8, 4) is 0 Å². The largest absolute Gasteiger partial charge is 0.0805 e. The van der Waals surface area contributed by atoms with Gasteiger partial charge in [0.15, 0.2) is 0 Å². The third-order valence-corrected chi connectivity index (χ3v) is 13.7. The minimum Gasteiger partial charge on any atom is -0.0805 e. The minimum atomic E-state index is 0.460. The molecular weight excluding hydrogens is 480 g/mol. The zero-order valence-electron chi connectivity index (χ0n) is 28.3. The highest BCUT2D eigenvalue weighted by Gasteiger charge is 2.58. The first-order chi connectivity index (χ1) is 19.2. The Balaban J connectivity index is 1.30. The average Bonchev–Trinajstić information content (AvgIpc) is 3.29. The number of hydrogen-bond donors (Lipinski definition) is 0. The molecule has 0 aliphatic heterocycles.